The summed E-state index contributed by atoms with van der Waals surface area (Å²) in [5, 5.41) is 0. The first-order valence-corrected chi connectivity index (χ1v) is 31.0. The molecular weight excluding hydrogens is 1010 g/mol. The molecule has 1 saturated heterocycles. The number of carbonyl (C=O) groups excluding carboxylic acids is 5. The molecule has 0 radical (unpaired) electrons. The number of hydrogen-bond acceptors (Lipinski definition) is 10. The highest BCUT2D eigenvalue weighted by molar-refractivity contribution is 5.87. The first-order valence-electron chi connectivity index (χ1n) is 31.0. The lowest BCUT2D eigenvalue weighted by Crippen LogP contribution is -2.60. The molecule has 1 heterocycles. The summed E-state index contributed by atoms with van der Waals surface area (Å²) in [6.45, 7) is 30.1. The van der Waals surface area contributed by atoms with Gasteiger partial charge >= 0.3 is 29.8 Å². The maximum atomic E-state index is 12.6. The van der Waals surface area contributed by atoms with E-state index < -0.39 is 5.41 Å². The van der Waals surface area contributed by atoms with Crippen LogP contribution < -0.4 is 0 Å². The average Bonchev–Trinajstić information content (AvgIpc) is 4.01. The van der Waals surface area contributed by atoms with Crippen LogP contribution in [0.1, 0.15) is 276 Å². The first kappa shape index (κ1) is 72.3. The van der Waals surface area contributed by atoms with Crippen LogP contribution in [0.5, 0.6) is 0 Å². The second-order valence-electron chi connectivity index (χ2n) is 29.6. The minimum atomic E-state index is -0.455. The summed E-state index contributed by atoms with van der Waals surface area (Å²) in [4.78, 5) is 60.8. The maximum absolute atomic E-state index is 12.6. The van der Waals surface area contributed by atoms with E-state index in [9.17, 15) is 24.0 Å². The van der Waals surface area contributed by atoms with E-state index in [1.54, 1.807) is 6.92 Å². The van der Waals surface area contributed by atoms with E-state index in [2.05, 4.69) is 41.2 Å². The number of hydrogen-bond donors (Lipinski definition) is 0. The zero-order chi connectivity index (χ0) is 54.4. The smallest absolute Gasteiger partial charge is 0.333 e. The molecule has 470 valence electrons. The van der Waals surface area contributed by atoms with Gasteiger partial charge in [0.25, 0.3) is 0 Å². The third-order valence-corrected chi connectivity index (χ3v) is 24.1. The van der Waals surface area contributed by atoms with Crippen molar-refractivity contribution in [3.05, 3.63) is 12.2 Å². The molecule has 14 bridgehead atoms. The molecule has 0 aromatic heterocycles. The second kappa shape index (κ2) is 26.8. The van der Waals surface area contributed by atoms with E-state index in [-0.39, 0.29) is 120 Å². The van der Waals surface area contributed by atoms with Gasteiger partial charge in [0.15, 0.2) is 0 Å². The van der Waals surface area contributed by atoms with E-state index in [0.717, 1.165) is 80.5 Å². The van der Waals surface area contributed by atoms with Crippen molar-refractivity contribution in [1.29, 1.82) is 0 Å². The SMILES string of the molecule is C.C.C.C.C.C.C=C(C)C(=O)OC1(CC)C2CC3CC(C2)CC1C3.CCC(C)(C)C(=O)OC1(C)C2CC3CC(C2)CC1C3.CCC(C)(C)C(=O)OC1(CC)C2CC3CC(C2)CC1C3.CCC(C)(C)C(=O)OC1C2CC3C(=O)OC1C3C2. The summed E-state index contributed by atoms with van der Waals surface area (Å²) < 4.78 is 29.4. The molecule has 5 unspecified atom stereocenters. The van der Waals surface area contributed by atoms with Crippen LogP contribution >= 0.6 is 0 Å². The fourth-order valence-corrected chi connectivity index (χ4v) is 18.6. The van der Waals surface area contributed by atoms with Crippen molar-refractivity contribution in [3.63, 3.8) is 0 Å². The van der Waals surface area contributed by atoms with Gasteiger partial charge in [-0.3, -0.25) is 19.2 Å². The fourth-order valence-electron chi connectivity index (χ4n) is 18.6. The lowest BCUT2D eigenvalue weighted by atomic mass is 9.49. The maximum Gasteiger partial charge on any atom is 0.333 e. The first-order chi connectivity index (χ1) is 35.2. The summed E-state index contributed by atoms with van der Waals surface area (Å²) in [6.07, 6.45) is 25.7. The zero-order valence-electron chi connectivity index (χ0n) is 49.2. The van der Waals surface area contributed by atoms with Crippen LogP contribution in [0.25, 0.3) is 0 Å². The summed E-state index contributed by atoms with van der Waals surface area (Å²) in [7, 11) is 0. The Bertz CT molecular complexity index is 2080. The molecule has 0 amide bonds. The number of fused-ring (bicyclic) bond motifs is 1. The molecule has 10 nitrogen and oxygen atoms in total. The molecule has 1 aliphatic heterocycles. The van der Waals surface area contributed by atoms with Crippen molar-refractivity contribution < 1.29 is 47.7 Å². The Labute approximate surface area is 497 Å². The minimum Gasteiger partial charge on any atom is -0.458 e. The van der Waals surface area contributed by atoms with Crippen molar-refractivity contribution >= 4 is 29.8 Å². The molecule has 0 aromatic carbocycles. The van der Waals surface area contributed by atoms with Crippen molar-refractivity contribution in [3.8, 4) is 0 Å². The van der Waals surface area contributed by atoms with E-state index in [4.69, 9.17) is 23.7 Å². The van der Waals surface area contributed by atoms with Gasteiger partial charge in [0, 0.05) is 17.4 Å². The second-order valence-corrected chi connectivity index (χ2v) is 29.6. The highest BCUT2D eigenvalue weighted by atomic mass is 16.6. The Hall–Kier alpha value is -2.91. The summed E-state index contributed by atoms with van der Waals surface area (Å²) in [5.74, 6) is 9.61. The Morgan fingerprint density at radius 2 is 0.827 bits per heavy atom. The van der Waals surface area contributed by atoms with Crippen LogP contribution in [0, 0.1) is 105 Å². The lowest BCUT2D eigenvalue weighted by molar-refractivity contribution is -0.218. The fraction of sp³-hybridized carbons (Fsp3) is 0.901. The normalized spacial score (nSPS) is 40.1. The number of ether oxygens (including phenoxy) is 5. The van der Waals surface area contributed by atoms with E-state index in [0.29, 0.717) is 52.9 Å². The molecule has 0 spiro atoms. The van der Waals surface area contributed by atoms with Gasteiger partial charge in [-0.1, -0.05) is 85.8 Å². The third-order valence-electron chi connectivity index (χ3n) is 24.1. The number of esters is 5. The summed E-state index contributed by atoms with van der Waals surface area (Å²) >= 11 is 0. The molecule has 14 aliphatic carbocycles. The van der Waals surface area contributed by atoms with Crippen molar-refractivity contribution in [2.24, 2.45) is 105 Å². The lowest BCUT2D eigenvalue weighted by Gasteiger charge is -2.60. The van der Waals surface area contributed by atoms with E-state index in [1.165, 1.54) is 96.3 Å². The van der Waals surface area contributed by atoms with Gasteiger partial charge in [-0.2, -0.15) is 0 Å². The molecule has 0 aromatic rings. The van der Waals surface area contributed by atoms with Gasteiger partial charge in [-0.25, -0.2) is 4.79 Å². The predicted octanol–water partition coefficient (Wildman–Crippen LogP) is 18.2. The average molecular weight is 1140 g/mol. The Balaban J connectivity index is 0.000000277. The van der Waals surface area contributed by atoms with Gasteiger partial charge in [0.1, 0.15) is 29.0 Å². The topological polar surface area (TPSA) is 132 Å². The highest BCUT2D eigenvalue weighted by Gasteiger charge is 2.64. The van der Waals surface area contributed by atoms with Crippen molar-refractivity contribution in [1.82, 2.24) is 0 Å². The van der Waals surface area contributed by atoms with Gasteiger partial charge in [-0.15, -0.1) is 0 Å². The van der Waals surface area contributed by atoms with Crippen LogP contribution in [0.4, 0.5) is 0 Å². The monoisotopic (exact) mass is 1140 g/mol. The molecule has 15 aliphatic rings. The van der Waals surface area contributed by atoms with Gasteiger partial charge in [-0.05, 0) is 268 Å². The van der Waals surface area contributed by atoms with Crippen molar-refractivity contribution in [2.75, 3.05) is 0 Å². The quantitative estimate of drug-likeness (QED) is 0.0997. The number of rotatable bonds is 13. The molecular formula is C71H126O10. The van der Waals surface area contributed by atoms with Crippen LogP contribution in [0.3, 0.4) is 0 Å². The Kier molecular flexibility index (Phi) is 23.9. The number of carbonyl (C=O) groups is 5. The van der Waals surface area contributed by atoms with Crippen LogP contribution in [0.2, 0.25) is 0 Å². The Morgan fingerprint density at radius 3 is 1.17 bits per heavy atom. The van der Waals surface area contributed by atoms with Gasteiger partial charge < -0.3 is 23.7 Å². The molecule has 14 saturated carbocycles. The van der Waals surface area contributed by atoms with Crippen LogP contribution in [-0.2, 0) is 47.7 Å². The highest BCUT2D eigenvalue weighted by Crippen LogP contribution is 2.63. The summed E-state index contributed by atoms with van der Waals surface area (Å²) in [5.41, 5.74) is -1.05. The van der Waals surface area contributed by atoms with E-state index >= 15 is 0 Å². The molecule has 10 heteroatoms. The largest absolute Gasteiger partial charge is 0.458 e. The van der Waals surface area contributed by atoms with Gasteiger partial charge in [0.05, 0.1) is 22.2 Å². The third kappa shape index (κ3) is 13.3. The summed E-state index contributed by atoms with van der Waals surface area (Å²) in [6, 6.07) is 0. The van der Waals surface area contributed by atoms with Crippen LogP contribution in [0.15, 0.2) is 12.2 Å². The molecule has 0 N–H and O–H groups in total. The standard InChI is InChI=1S/C18H30O2.C17H28O2.C16H24O2.C14H20O4.6CH4/c1-5-17(3,4)16(19)20-18(6-2)14-8-12-7-13(10-14)11-15(18)9-12;1-5-16(2,3)15(18)19-17(4)13-7-11-6-12(9-13)10-14(17)8-11;1-4-16(18-15(17)10(2)3)13-6-11-5-12(8-13)9-14(16)7-11;1-4-14(2,3)13(16)18-10-7-5-8-9(6-7)12(15)17-11(8)10;;;;;;/h12-15H,5-11H2,1-4H3;11-14H,5-10H2,1-4H3;11-14H,2,4-9H2,1,3H3;7-11H,4-6H2,1-3H3;6*1H4. The minimum absolute atomic E-state index is 0. The van der Waals surface area contributed by atoms with E-state index in [1.807, 2.05) is 48.5 Å². The zero-order valence-corrected chi connectivity index (χ0v) is 49.2. The molecule has 15 fully saturated rings. The molecule has 15 rings (SSSR count). The Morgan fingerprint density at radius 1 is 0.494 bits per heavy atom. The molecule has 81 heavy (non-hydrogen) atoms. The van der Waals surface area contributed by atoms with Crippen LogP contribution in [-0.4, -0.2) is 58.9 Å². The molecule has 5 atom stereocenters. The van der Waals surface area contributed by atoms with Gasteiger partial charge in [0.2, 0.25) is 0 Å². The predicted molar refractivity (Wildman–Crippen MR) is 331 cm³/mol. The van der Waals surface area contributed by atoms with Crippen molar-refractivity contribution in [2.45, 2.75) is 305 Å².